The Morgan fingerprint density at radius 3 is 2.45 bits per heavy atom. The largest absolute Gasteiger partial charge is 0.497 e. The first-order valence-electron chi connectivity index (χ1n) is 10.6. The molecule has 8 heteroatoms. The molecular weight excluding hydrogens is 422 g/mol. The molecule has 0 bridgehead atoms. The average molecular weight is 452 g/mol. The van der Waals surface area contributed by atoms with Crippen LogP contribution in [0.2, 0.25) is 0 Å². The van der Waals surface area contributed by atoms with Gasteiger partial charge >= 0.3 is 0 Å². The molecule has 1 unspecified atom stereocenters. The Kier molecular flexibility index (Phi) is 7.80. The van der Waals surface area contributed by atoms with Gasteiger partial charge in [-0.05, 0) is 24.5 Å². The van der Waals surface area contributed by atoms with Crippen molar-refractivity contribution >= 4 is 11.8 Å². The topological polar surface area (TPSA) is 117 Å². The fourth-order valence-electron chi connectivity index (χ4n) is 4.09. The number of hydrogen-bond donors (Lipinski definition) is 2. The predicted molar refractivity (Wildman–Crippen MR) is 124 cm³/mol. The Bertz CT molecular complexity index is 1050. The van der Waals surface area contributed by atoms with Crippen molar-refractivity contribution < 1.29 is 23.8 Å². The molecule has 1 heterocycles. The summed E-state index contributed by atoms with van der Waals surface area (Å²) >= 11 is 0. The molecule has 1 aromatic carbocycles. The molecule has 1 fully saturated rings. The average Bonchev–Trinajstić information content (AvgIpc) is 3.42. The van der Waals surface area contributed by atoms with Crippen LogP contribution in [0.5, 0.6) is 11.5 Å². The van der Waals surface area contributed by atoms with Gasteiger partial charge in [-0.2, -0.15) is 0 Å². The van der Waals surface area contributed by atoms with E-state index in [9.17, 15) is 9.59 Å². The Morgan fingerprint density at radius 2 is 1.85 bits per heavy atom. The molecule has 2 aliphatic rings. The minimum atomic E-state index is -0.618. The number of likely N-dealkylation sites (tertiary alicyclic amines) is 1. The molecule has 0 aromatic heterocycles. The summed E-state index contributed by atoms with van der Waals surface area (Å²) in [6.07, 6.45) is 5.86. The Hall–Kier alpha value is -3.70. The molecule has 1 aromatic rings. The van der Waals surface area contributed by atoms with Crippen molar-refractivity contribution in [3.8, 4) is 23.3 Å². The first kappa shape index (κ1) is 24.0. The van der Waals surface area contributed by atoms with Gasteiger partial charge in [-0.1, -0.05) is 24.0 Å². The molecule has 8 nitrogen and oxygen atoms in total. The maximum Gasteiger partial charge on any atom is 0.251 e. The number of primary amides is 1. The number of allylic oxidation sites excluding steroid dienone is 1. The highest BCUT2D eigenvalue weighted by molar-refractivity contribution is 6.00. The fourth-order valence-corrected chi connectivity index (χ4v) is 4.09. The molecule has 0 saturated carbocycles. The number of nitrogens with two attached hydrogens (primary N) is 2. The Balaban J connectivity index is 1.83. The molecule has 33 heavy (non-hydrogen) atoms. The third kappa shape index (κ3) is 5.57. The number of hydrogen-bond acceptors (Lipinski definition) is 6. The zero-order chi connectivity index (χ0) is 24.0. The molecule has 1 saturated heterocycles. The minimum absolute atomic E-state index is 0.0683. The number of benzene rings is 1. The summed E-state index contributed by atoms with van der Waals surface area (Å²) < 4.78 is 15.5. The van der Waals surface area contributed by atoms with Crippen LogP contribution in [-0.2, 0) is 14.3 Å². The predicted octanol–water partition coefficient (Wildman–Crippen LogP) is 1.36. The van der Waals surface area contributed by atoms with Gasteiger partial charge in [0.15, 0.2) is 0 Å². The SMILES string of the molecule is COC/C=C/C(=O)N1CC[C@H](C2C=C(C#Cc3cc(OC)cc(OC)c3)C(C(N)=O)=C2N)C1. The van der Waals surface area contributed by atoms with Gasteiger partial charge in [0.2, 0.25) is 5.91 Å². The van der Waals surface area contributed by atoms with Crippen LogP contribution in [0.15, 0.2) is 53.3 Å². The van der Waals surface area contributed by atoms with E-state index in [2.05, 4.69) is 11.8 Å². The second-order valence-electron chi connectivity index (χ2n) is 7.84. The van der Waals surface area contributed by atoms with E-state index in [1.165, 1.54) is 6.08 Å². The molecule has 1 aliphatic carbocycles. The summed E-state index contributed by atoms with van der Waals surface area (Å²) in [5.41, 5.74) is 13.8. The maximum absolute atomic E-state index is 12.4. The van der Waals surface area contributed by atoms with Crippen molar-refractivity contribution in [3.05, 3.63) is 58.8 Å². The van der Waals surface area contributed by atoms with Crippen molar-refractivity contribution in [1.82, 2.24) is 4.90 Å². The second-order valence-corrected chi connectivity index (χ2v) is 7.84. The quantitative estimate of drug-likeness (QED) is 0.478. The lowest BCUT2D eigenvalue weighted by Gasteiger charge is -2.19. The Labute approximate surface area is 193 Å². The van der Waals surface area contributed by atoms with Crippen LogP contribution in [0.3, 0.4) is 0 Å². The number of carbonyl (C=O) groups is 2. The summed E-state index contributed by atoms with van der Waals surface area (Å²) in [5, 5.41) is 0. The van der Waals surface area contributed by atoms with Crippen LogP contribution in [0, 0.1) is 23.7 Å². The molecule has 174 valence electrons. The molecule has 3 rings (SSSR count). The van der Waals surface area contributed by atoms with Crippen LogP contribution in [0.4, 0.5) is 0 Å². The number of rotatable bonds is 7. The lowest BCUT2D eigenvalue weighted by molar-refractivity contribution is -0.125. The zero-order valence-corrected chi connectivity index (χ0v) is 19.1. The minimum Gasteiger partial charge on any atom is -0.497 e. The monoisotopic (exact) mass is 451 g/mol. The normalized spacial score (nSPS) is 20.0. The van der Waals surface area contributed by atoms with E-state index in [-0.39, 0.29) is 23.3 Å². The van der Waals surface area contributed by atoms with Crippen LogP contribution in [0.1, 0.15) is 12.0 Å². The van der Waals surface area contributed by atoms with Crippen LogP contribution < -0.4 is 20.9 Å². The second kappa shape index (κ2) is 10.7. The molecule has 4 N–H and O–H groups in total. The highest BCUT2D eigenvalue weighted by Crippen LogP contribution is 2.37. The Morgan fingerprint density at radius 1 is 1.15 bits per heavy atom. The van der Waals surface area contributed by atoms with E-state index >= 15 is 0 Å². The highest BCUT2D eigenvalue weighted by Gasteiger charge is 2.37. The maximum atomic E-state index is 12.4. The first-order valence-corrected chi connectivity index (χ1v) is 10.6. The summed E-state index contributed by atoms with van der Waals surface area (Å²) in [6, 6.07) is 5.30. The van der Waals surface area contributed by atoms with Gasteiger partial charge in [-0.25, -0.2) is 0 Å². The highest BCUT2D eigenvalue weighted by atomic mass is 16.5. The summed E-state index contributed by atoms with van der Waals surface area (Å²) in [5.74, 6) is 6.49. The number of methoxy groups -OCH3 is 3. The van der Waals surface area contributed by atoms with E-state index in [1.807, 2.05) is 6.08 Å². The van der Waals surface area contributed by atoms with Gasteiger partial charge in [0.05, 0.1) is 26.4 Å². The number of ether oxygens (including phenoxy) is 3. The van der Waals surface area contributed by atoms with Gasteiger partial charge < -0.3 is 30.6 Å². The van der Waals surface area contributed by atoms with E-state index in [1.54, 1.807) is 50.5 Å². The summed E-state index contributed by atoms with van der Waals surface area (Å²) in [4.78, 5) is 26.3. The number of amides is 2. The number of nitrogens with zero attached hydrogens (tertiary/aromatic N) is 1. The zero-order valence-electron chi connectivity index (χ0n) is 19.1. The van der Waals surface area contributed by atoms with Gasteiger partial charge in [-0.15, -0.1) is 0 Å². The smallest absolute Gasteiger partial charge is 0.251 e. The lowest BCUT2D eigenvalue weighted by atomic mass is 9.90. The van der Waals surface area contributed by atoms with Crippen molar-refractivity contribution in [2.75, 3.05) is 41.0 Å². The van der Waals surface area contributed by atoms with Gasteiger partial charge in [-0.3, -0.25) is 9.59 Å². The molecule has 0 spiro atoms. The third-order valence-electron chi connectivity index (χ3n) is 5.77. The summed E-state index contributed by atoms with van der Waals surface area (Å²) in [6.45, 7) is 1.54. The van der Waals surface area contributed by atoms with E-state index in [0.29, 0.717) is 48.0 Å². The molecule has 1 aliphatic heterocycles. The van der Waals surface area contributed by atoms with Crippen molar-refractivity contribution in [2.24, 2.45) is 23.3 Å². The van der Waals surface area contributed by atoms with Crippen molar-refractivity contribution in [3.63, 3.8) is 0 Å². The van der Waals surface area contributed by atoms with Crippen LogP contribution >= 0.6 is 0 Å². The molecule has 2 amide bonds. The third-order valence-corrected chi connectivity index (χ3v) is 5.77. The molecule has 2 atom stereocenters. The molecule has 0 radical (unpaired) electrons. The standard InChI is InChI=1S/C25H29N3O5/c1-31-10-4-5-22(29)28-9-8-18(15-28)21-13-17(23(24(21)26)25(27)30)7-6-16-11-19(32-2)14-20(12-16)33-3/h4-5,11-14,18,21H,8-10,15,26H2,1-3H3,(H2,27,30)/b5-4+/t18-,21?/m0/s1. The van der Waals surface area contributed by atoms with E-state index in [4.69, 9.17) is 25.7 Å². The van der Waals surface area contributed by atoms with Crippen molar-refractivity contribution in [2.45, 2.75) is 6.42 Å². The van der Waals surface area contributed by atoms with Crippen molar-refractivity contribution in [1.29, 1.82) is 0 Å². The van der Waals surface area contributed by atoms with Crippen LogP contribution in [-0.4, -0.2) is 57.7 Å². The summed E-state index contributed by atoms with van der Waals surface area (Å²) in [7, 11) is 4.70. The molecular formula is C25H29N3O5. The first-order chi connectivity index (χ1) is 15.9. The van der Waals surface area contributed by atoms with Gasteiger partial charge in [0.1, 0.15) is 11.5 Å². The van der Waals surface area contributed by atoms with E-state index < -0.39 is 5.91 Å². The van der Waals surface area contributed by atoms with Gasteiger partial charge in [0, 0.05) is 55.1 Å². The van der Waals surface area contributed by atoms with E-state index in [0.717, 1.165) is 6.42 Å². The fraction of sp³-hybridized carbons (Fsp3) is 0.360. The lowest BCUT2D eigenvalue weighted by Crippen LogP contribution is -2.29. The van der Waals surface area contributed by atoms with Crippen LogP contribution in [0.25, 0.3) is 0 Å². The van der Waals surface area contributed by atoms with Gasteiger partial charge in [0.25, 0.3) is 5.91 Å². The number of carbonyl (C=O) groups excluding carboxylic acids is 2.